The summed E-state index contributed by atoms with van der Waals surface area (Å²) in [4.78, 5) is 2.09. The molecule has 0 radical (unpaired) electrons. The van der Waals surface area contributed by atoms with Crippen molar-refractivity contribution in [3.8, 4) is 0 Å². The lowest BCUT2D eigenvalue weighted by atomic mass is 10.1. The maximum atomic E-state index is 12.4. The van der Waals surface area contributed by atoms with Gasteiger partial charge in [0.2, 0.25) is 0 Å². The van der Waals surface area contributed by atoms with Crippen LogP contribution in [0.2, 0.25) is 0 Å². The number of rotatable bonds is 9. The normalized spacial score (nSPS) is 21.5. The van der Waals surface area contributed by atoms with Crippen LogP contribution in [0.1, 0.15) is 33.1 Å². The predicted molar refractivity (Wildman–Crippen MR) is 83.0 cm³/mol. The van der Waals surface area contributed by atoms with E-state index in [0.29, 0.717) is 13.1 Å². The average Bonchev–Trinajstić information content (AvgIpc) is 2.45. The number of nitrogens with one attached hydrogen (secondary N) is 2. The van der Waals surface area contributed by atoms with Gasteiger partial charge in [-0.05, 0) is 33.0 Å². The Morgan fingerprint density at radius 2 is 2.05 bits per heavy atom. The maximum Gasteiger partial charge on any atom is 0.279 e. The van der Waals surface area contributed by atoms with Crippen LogP contribution in [0.4, 0.5) is 0 Å². The second-order valence-corrected chi connectivity index (χ2v) is 7.07. The number of hydrogen-bond acceptors (Lipinski definition) is 4. The standard InChI is InChI=1S/C13H30N4O2S/c1-4-14-12-13-8-6-7-10-17(13)20(18,19)15-9-11-16(3)5-2/h13-15H,4-12H2,1-3H3. The van der Waals surface area contributed by atoms with Gasteiger partial charge in [-0.3, -0.25) is 0 Å². The van der Waals surface area contributed by atoms with Gasteiger partial charge in [0, 0.05) is 32.2 Å². The Kier molecular flexibility index (Phi) is 7.98. The van der Waals surface area contributed by atoms with Crippen molar-refractivity contribution in [1.82, 2.24) is 19.2 Å². The van der Waals surface area contributed by atoms with Gasteiger partial charge in [0.25, 0.3) is 10.2 Å². The quantitative estimate of drug-likeness (QED) is 0.640. The van der Waals surface area contributed by atoms with Crippen molar-refractivity contribution in [2.75, 3.05) is 46.3 Å². The van der Waals surface area contributed by atoms with E-state index in [-0.39, 0.29) is 6.04 Å². The summed E-state index contributed by atoms with van der Waals surface area (Å²) in [6.45, 7) is 8.49. The molecule has 1 aliphatic rings. The fourth-order valence-electron chi connectivity index (χ4n) is 2.41. The zero-order chi connectivity index (χ0) is 15.0. The summed E-state index contributed by atoms with van der Waals surface area (Å²) in [5, 5.41) is 3.26. The summed E-state index contributed by atoms with van der Waals surface area (Å²) in [6.07, 6.45) is 3.02. The summed E-state index contributed by atoms with van der Waals surface area (Å²) in [7, 11) is -1.36. The first-order valence-electron chi connectivity index (χ1n) is 7.67. The van der Waals surface area contributed by atoms with E-state index in [1.54, 1.807) is 4.31 Å². The van der Waals surface area contributed by atoms with Gasteiger partial charge >= 0.3 is 0 Å². The van der Waals surface area contributed by atoms with Crippen LogP contribution >= 0.6 is 0 Å². The molecule has 1 unspecified atom stereocenters. The Labute approximate surface area is 124 Å². The van der Waals surface area contributed by atoms with Crippen molar-refractivity contribution in [1.29, 1.82) is 0 Å². The van der Waals surface area contributed by atoms with Crippen LogP contribution in [0.3, 0.4) is 0 Å². The first kappa shape index (κ1) is 17.8. The first-order chi connectivity index (χ1) is 9.51. The third-order valence-electron chi connectivity index (χ3n) is 3.83. The Morgan fingerprint density at radius 1 is 1.30 bits per heavy atom. The van der Waals surface area contributed by atoms with Gasteiger partial charge in [-0.1, -0.05) is 20.3 Å². The van der Waals surface area contributed by atoms with E-state index >= 15 is 0 Å². The number of nitrogens with zero attached hydrogens (tertiary/aromatic N) is 2. The number of piperidine rings is 1. The van der Waals surface area contributed by atoms with Crippen LogP contribution in [0, 0.1) is 0 Å². The molecule has 7 heteroatoms. The van der Waals surface area contributed by atoms with Crippen molar-refractivity contribution >= 4 is 10.2 Å². The van der Waals surface area contributed by atoms with E-state index in [0.717, 1.165) is 45.4 Å². The highest BCUT2D eigenvalue weighted by Crippen LogP contribution is 2.19. The van der Waals surface area contributed by atoms with Gasteiger partial charge < -0.3 is 10.2 Å². The van der Waals surface area contributed by atoms with Gasteiger partial charge in [0.15, 0.2) is 0 Å². The van der Waals surface area contributed by atoms with Crippen molar-refractivity contribution < 1.29 is 8.42 Å². The lowest BCUT2D eigenvalue weighted by molar-refractivity contribution is 0.243. The van der Waals surface area contributed by atoms with Gasteiger partial charge in [-0.25, -0.2) is 4.72 Å². The molecule has 0 aromatic heterocycles. The lowest BCUT2D eigenvalue weighted by Gasteiger charge is -2.34. The van der Waals surface area contributed by atoms with E-state index in [2.05, 4.69) is 21.9 Å². The van der Waals surface area contributed by atoms with E-state index in [9.17, 15) is 8.42 Å². The Morgan fingerprint density at radius 3 is 2.70 bits per heavy atom. The fraction of sp³-hybridized carbons (Fsp3) is 1.00. The topological polar surface area (TPSA) is 64.7 Å². The Balaban J connectivity index is 2.53. The highest BCUT2D eigenvalue weighted by molar-refractivity contribution is 7.87. The third kappa shape index (κ3) is 5.65. The molecule has 0 bridgehead atoms. The van der Waals surface area contributed by atoms with E-state index in [4.69, 9.17) is 0 Å². The average molecular weight is 306 g/mol. The number of hydrogen-bond donors (Lipinski definition) is 2. The minimum atomic E-state index is -3.35. The van der Waals surface area contributed by atoms with Gasteiger partial charge in [0.1, 0.15) is 0 Å². The van der Waals surface area contributed by atoms with Gasteiger partial charge in [-0.2, -0.15) is 12.7 Å². The second-order valence-electron chi connectivity index (χ2n) is 5.36. The van der Waals surface area contributed by atoms with Crippen LogP contribution in [-0.4, -0.2) is 70.0 Å². The molecule has 0 amide bonds. The van der Waals surface area contributed by atoms with Crippen LogP contribution < -0.4 is 10.0 Å². The molecule has 6 nitrogen and oxygen atoms in total. The van der Waals surface area contributed by atoms with Crippen molar-refractivity contribution in [2.24, 2.45) is 0 Å². The minimum absolute atomic E-state index is 0.0881. The van der Waals surface area contributed by atoms with Crippen molar-refractivity contribution in [2.45, 2.75) is 39.2 Å². The molecule has 1 heterocycles. The first-order valence-corrected chi connectivity index (χ1v) is 9.11. The molecular weight excluding hydrogens is 276 g/mol. The molecule has 20 heavy (non-hydrogen) atoms. The van der Waals surface area contributed by atoms with Gasteiger partial charge in [0.05, 0.1) is 0 Å². The van der Waals surface area contributed by atoms with Crippen molar-refractivity contribution in [3.05, 3.63) is 0 Å². The summed E-state index contributed by atoms with van der Waals surface area (Å²) in [5.41, 5.74) is 0. The number of likely N-dealkylation sites (N-methyl/N-ethyl adjacent to an activating group) is 2. The lowest BCUT2D eigenvalue weighted by Crippen LogP contribution is -2.53. The zero-order valence-electron chi connectivity index (χ0n) is 13.1. The Hall–Kier alpha value is -0.210. The highest BCUT2D eigenvalue weighted by atomic mass is 32.2. The van der Waals surface area contributed by atoms with Crippen LogP contribution in [0.15, 0.2) is 0 Å². The third-order valence-corrected chi connectivity index (χ3v) is 5.50. The van der Waals surface area contributed by atoms with E-state index in [1.807, 2.05) is 14.0 Å². The molecule has 1 aliphatic heterocycles. The molecule has 0 spiro atoms. The van der Waals surface area contributed by atoms with E-state index in [1.165, 1.54) is 0 Å². The molecule has 1 fully saturated rings. The SMILES string of the molecule is CCNCC1CCCCN1S(=O)(=O)NCCN(C)CC. The van der Waals surface area contributed by atoms with Crippen molar-refractivity contribution in [3.63, 3.8) is 0 Å². The summed E-state index contributed by atoms with van der Waals surface area (Å²) >= 11 is 0. The van der Waals surface area contributed by atoms with E-state index < -0.39 is 10.2 Å². The summed E-state index contributed by atoms with van der Waals surface area (Å²) < 4.78 is 29.2. The van der Waals surface area contributed by atoms with Crippen LogP contribution in [0.5, 0.6) is 0 Å². The molecule has 0 aliphatic carbocycles. The summed E-state index contributed by atoms with van der Waals surface area (Å²) in [5.74, 6) is 0. The molecule has 0 aromatic carbocycles. The molecule has 2 N–H and O–H groups in total. The van der Waals surface area contributed by atoms with Crippen LogP contribution in [0.25, 0.3) is 0 Å². The van der Waals surface area contributed by atoms with Crippen LogP contribution in [-0.2, 0) is 10.2 Å². The molecule has 0 aromatic rings. The largest absolute Gasteiger partial charge is 0.315 e. The molecular formula is C13H30N4O2S. The zero-order valence-corrected chi connectivity index (χ0v) is 13.9. The molecule has 1 saturated heterocycles. The molecule has 1 rings (SSSR count). The second kappa shape index (κ2) is 8.94. The smallest absolute Gasteiger partial charge is 0.279 e. The maximum absolute atomic E-state index is 12.4. The highest BCUT2D eigenvalue weighted by Gasteiger charge is 2.31. The molecule has 0 saturated carbocycles. The fourth-order valence-corrected chi connectivity index (χ4v) is 3.87. The monoisotopic (exact) mass is 306 g/mol. The predicted octanol–water partition coefficient (Wildman–Crippen LogP) is 0.237. The summed E-state index contributed by atoms with van der Waals surface area (Å²) in [6, 6.07) is 0.0881. The Bertz CT molecular complexity index is 361. The van der Waals surface area contributed by atoms with Gasteiger partial charge in [-0.15, -0.1) is 0 Å². The molecule has 120 valence electrons. The molecule has 1 atom stereocenters. The minimum Gasteiger partial charge on any atom is -0.315 e.